The van der Waals surface area contributed by atoms with Crippen molar-refractivity contribution >= 4 is 34.9 Å². The molecule has 0 aliphatic heterocycles. The SMILES string of the molecule is CCCC(=O)Nc1ccc(OCC(=O)Nc2ccc(C(=O)NC)cc2)c(C(C)=O)c1. The van der Waals surface area contributed by atoms with Gasteiger partial charge in [-0.15, -0.1) is 0 Å². The van der Waals surface area contributed by atoms with Crippen LogP contribution in [0.1, 0.15) is 47.4 Å². The molecule has 0 bridgehead atoms. The van der Waals surface area contributed by atoms with Gasteiger partial charge in [-0.25, -0.2) is 0 Å². The molecule has 30 heavy (non-hydrogen) atoms. The first-order chi connectivity index (χ1) is 14.3. The zero-order valence-electron chi connectivity index (χ0n) is 17.2. The summed E-state index contributed by atoms with van der Waals surface area (Å²) in [7, 11) is 1.54. The Balaban J connectivity index is 2.00. The number of nitrogens with one attached hydrogen (secondary N) is 3. The summed E-state index contributed by atoms with van der Waals surface area (Å²) in [6.45, 7) is 2.98. The Hall–Kier alpha value is -3.68. The molecule has 0 fully saturated rings. The van der Waals surface area contributed by atoms with Crippen LogP contribution in [0.5, 0.6) is 5.75 Å². The summed E-state index contributed by atoms with van der Waals surface area (Å²) in [5.41, 5.74) is 1.75. The van der Waals surface area contributed by atoms with Crippen LogP contribution < -0.4 is 20.7 Å². The predicted molar refractivity (Wildman–Crippen MR) is 114 cm³/mol. The molecule has 0 aliphatic rings. The molecule has 8 nitrogen and oxygen atoms in total. The molecule has 0 atom stereocenters. The molecule has 0 aliphatic carbocycles. The molecule has 0 unspecified atom stereocenters. The summed E-state index contributed by atoms with van der Waals surface area (Å²) in [6.07, 6.45) is 1.11. The van der Waals surface area contributed by atoms with Gasteiger partial charge in [-0.3, -0.25) is 19.2 Å². The van der Waals surface area contributed by atoms with Crippen molar-refractivity contribution in [2.75, 3.05) is 24.3 Å². The lowest BCUT2D eigenvalue weighted by molar-refractivity contribution is -0.118. The largest absolute Gasteiger partial charge is 0.483 e. The number of Topliss-reactive ketones (excluding diaryl/α,β-unsaturated/α-hetero) is 1. The number of hydrogen-bond donors (Lipinski definition) is 3. The highest BCUT2D eigenvalue weighted by Crippen LogP contribution is 2.24. The van der Waals surface area contributed by atoms with Gasteiger partial charge in [0.15, 0.2) is 12.4 Å². The third-order valence-electron chi connectivity index (χ3n) is 4.14. The first-order valence-electron chi connectivity index (χ1n) is 9.53. The molecule has 0 saturated carbocycles. The van der Waals surface area contributed by atoms with Crippen molar-refractivity contribution in [1.82, 2.24) is 5.32 Å². The van der Waals surface area contributed by atoms with E-state index in [1.807, 2.05) is 6.92 Å². The number of rotatable bonds is 9. The molecule has 0 radical (unpaired) electrons. The van der Waals surface area contributed by atoms with Crippen molar-refractivity contribution in [2.45, 2.75) is 26.7 Å². The van der Waals surface area contributed by atoms with Gasteiger partial charge in [0.25, 0.3) is 11.8 Å². The van der Waals surface area contributed by atoms with Crippen molar-refractivity contribution in [3.05, 3.63) is 53.6 Å². The standard InChI is InChI=1S/C22H25N3O5/c1-4-5-20(27)25-17-10-11-19(18(12-17)14(2)26)30-13-21(28)24-16-8-6-15(7-9-16)22(29)23-3/h6-12H,4-5,13H2,1-3H3,(H,23,29)(H,24,28)(H,25,27). The highest BCUT2D eigenvalue weighted by atomic mass is 16.5. The zero-order valence-corrected chi connectivity index (χ0v) is 17.2. The van der Waals surface area contributed by atoms with Crippen molar-refractivity contribution in [2.24, 2.45) is 0 Å². The Kier molecular flexibility index (Phi) is 8.10. The average Bonchev–Trinajstić information content (AvgIpc) is 2.72. The second-order valence-corrected chi connectivity index (χ2v) is 6.56. The van der Waals surface area contributed by atoms with Crippen LogP contribution in [-0.2, 0) is 9.59 Å². The minimum atomic E-state index is -0.419. The number of ketones is 1. The third kappa shape index (κ3) is 6.44. The lowest BCUT2D eigenvalue weighted by atomic mass is 10.1. The summed E-state index contributed by atoms with van der Waals surface area (Å²) in [6, 6.07) is 11.1. The second kappa shape index (κ2) is 10.8. The minimum absolute atomic E-state index is 0.137. The van der Waals surface area contributed by atoms with Crippen LogP contribution in [0.25, 0.3) is 0 Å². The normalized spacial score (nSPS) is 10.1. The van der Waals surface area contributed by atoms with Gasteiger partial charge in [0.2, 0.25) is 5.91 Å². The number of carbonyl (C=O) groups is 4. The first kappa shape index (κ1) is 22.6. The average molecular weight is 411 g/mol. The minimum Gasteiger partial charge on any atom is -0.483 e. The summed E-state index contributed by atoms with van der Waals surface area (Å²) in [4.78, 5) is 47.4. The molecule has 158 valence electrons. The molecule has 2 rings (SSSR count). The summed E-state index contributed by atoms with van der Waals surface area (Å²) >= 11 is 0. The number of hydrogen-bond acceptors (Lipinski definition) is 5. The molecule has 8 heteroatoms. The van der Waals surface area contributed by atoms with Gasteiger partial charge in [-0.05, 0) is 55.8 Å². The monoisotopic (exact) mass is 411 g/mol. The maximum Gasteiger partial charge on any atom is 0.262 e. The Labute approximate surface area is 175 Å². The van der Waals surface area contributed by atoms with Crippen LogP contribution in [0.2, 0.25) is 0 Å². The number of carbonyl (C=O) groups excluding carboxylic acids is 4. The molecule has 2 aromatic rings. The first-order valence-corrected chi connectivity index (χ1v) is 9.53. The lowest BCUT2D eigenvalue weighted by Gasteiger charge is -2.12. The molecule has 0 heterocycles. The Morgan fingerprint density at radius 3 is 2.13 bits per heavy atom. The Morgan fingerprint density at radius 2 is 1.53 bits per heavy atom. The lowest BCUT2D eigenvalue weighted by Crippen LogP contribution is -2.21. The smallest absolute Gasteiger partial charge is 0.262 e. The topological polar surface area (TPSA) is 114 Å². The highest BCUT2D eigenvalue weighted by molar-refractivity contribution is 6.00. The predicted octanol–water partition coefficient (Wildman–Crippen LogP) is 3.00. The van der Waals surface area contributed by atoms with Gasteiger partial charge < -0.3 is 20.7 Å². The highest BCUT2D eigenvalue weighted by Gasteiger charge is 2.13. The van der Waals surface area contributed by atoms with Gasteiger partial charge in [0, 0.05) is 30.4 Å². The van der Waals surface area contributed by atoms with Crippen LogP contribution >= 0.6 is 0 Å². The summed E-state index contributed by atoms with van der Waals surface area (Å²) < 4.78 is 5.51. The van der Waals surface area contributed by atoms with Crippen LogP contribution in [0.3, 0.4) is 0 Å². The Morgan fingerprint density at radius 1 is 0.900 bits per heavy atom. The summed E-state index contributed by atoms with van der Waals surface area (Å²) in [5, 5.41) is 7.90. The molecule has 2 aromatic carbocycles. The number of ether oxygens (including phenoxy) is 1. The van der Waals surface area contributed by atoms with Gasteiger partial charge in [-0.1, -0.05) is 6.92 Å². The van der Waals surface area contributed by atoms with E-state index in [1.165, 1.54) is 20.0 Å². The fourth-order valence-electron chi connectivity index (χ4n) is 2.65. The van der Waals surface area contributed by atoms with E-state index >= 15 is 0 Å². The quantitative estimate of drug-likeness (QED) is 0.549. The fourth-order valence-corrected chi connectivity index (χ4v) is 2.65. The van der Waals surface area contributed by atoms with E-state index in [2.05, 4.69) is 16.0 Å². The van der Waals surface area contributed by atoms with Gasteiger partial charge in [0.05, 0.1) is 5.56 Å². The Bertz CT molecular complexity index is 938. The van der Waals surface area contributed by atoms with E-state index < -0.39 is 5.91 Å². The van der Waals surface area contributed by atoms with Gasteiger partial charge in [0.1, 0.15) is 5.75 Å². The zero-order chi connectivity index (χ0) is 22.1. The van der Waals surface area contributed by atoms with Crippen molar-refractivity contribution in [3.63, 3.8) is 0 Å². The molecular formula is C22H25N3O5. The number of anilines is 2. The van der Waals surface area contributed by atoms with E-state index in [1.54, 1.807) is 36.4 Å². The molecule has 0 spiro atoms. The fraction of sp³-hybridized carbons (Fsp3) is 0.273. The third-order valence-corrected chi connectivity index (χ3v) is 4.14. The molecule has 3 amide bonds. The van der Waals surface area contributed by atoms with E-state index in [0.29, 0.717) is 23.4 Å². The maximum atomic E-state index is 12.2. The van der Waals surface area contributed by atoms with Crippen LogP contribution in [-0.4, -0.2) is 37.2 Å². The van der Waals surface area contributed by atoms with Gasteiger partial charge in [-0.2, -0.15) is 0 Å². The van der Waals surface area contributed by atoms with Crippen LogP contribution in [0, 0.1) is 0 Å². The van der Waals surface area contributed by atoms with Crippen molar-refractivity contribution in [1.29, 1.82) is 0 Å². The molecule has 3 N–H and O–H groups in total. The second-order valence-electron chi connectivity index (χ2n) is 6.56. The maximum absolute atomic E-state index is 12.2. The number of benzene rings is 2. The molecule has 0 saturated heterocycles. The van der Waals surface area contributed by atoms with E-state index in [0.717, 1.165) is 6.42 Å². The van der Waals surface area contributed by atoms with Crippen LogP contribution in [0.4, 0.5) is 11.4 Å². The van der Waals surface area contributed by atoms with E-state index in [-0.39, 0.29) is 35.5 Å². The van der Waals surface area contributed by atoms with E-state index in [4.69, 9.17) is 4.74 Å². The van der Waals surface area contributed by atoms with Crippen molar-refractivity contribution < 1.29 is 23.9 Å². The van der Waals surface area contributed by atoms with Crippen LogP contribution in [0.15, 0.2) is 42.5 Å². The van der Waals surface area contributed by atoms with Gasteiger partial charge >= 0.3 is 0 Å². The van der Waals surface area contributed by atoms with E-state index in [9.17, 15) is 19.2 Å². The van der Waals surface area contributed by atoms with Crippen molar-refractivity contribution in [3.8, 4) is 5.75 Å². The summed E-state index contributed by atoms with van der Waals surface area (Å²) in [5.74, 6) is -0.773. The molecular weight excluding hydrogens is 386 g/mol. The number of amides is 3. The molecule has 0 aromatic heterocycles.